The van der Waals surface area contributed by atoms with Crippen molar-refractivity contribution in [3.05, 3.63) is 60.2 Å². The molecule has 1 heterocycles. The van der Waals surface area contributed by atoms with Crippen LogP contribution in [0.5, 0.6) is 0 Å². The number of benzene rings is 2. The van der Waals surface area contributed by atoms with Crippen LogP contribution in [0.3, 0.4) is 0 Å². The minimum atomic E-state index is -0.583. The average Bonchev–Trinajstić information content (AvgIpc) is 2.75. The predicted octanol–water partition coefficient (Wildman–Crippen LogP) is 4.05. The standard InChI is InChI=1S/C24H27N3O2/c25-15-21-23(20-14-8-7-13-19(20)17-9-3-1-4-10-17)22(16-28)27(21)24(29)26-18-11-5-2-6-12-18/h1,3-4,7-10,13-14,18,21-23,28H,2,5-6,11-12,16H2,(H,26,29)/t21-,22+,23-/m0/s1. The highest BCUT2D eigenvalue weighted by molar-refractivity contribution is 5.79. The van der Waals surface area contributed by atoms with Gasteiger partial charge in [0.2, 0.25) is 0 Å². The van der Waals surface area contributed by atoms with Crippen LogP contribution in [0, 0.1) is 11.3 Å². The Balaban J connectivity index is 1.59. The third-order valence-electron chi connectivity index (χ3n) is 6.30. The number of hydrogen-bond acceptors (Lipinski definition) is 3. The normalized spacial score (nSPS) is 24.4. The molecule has 1 saturated carbocycles. The molecule has 2 fully saturated rings. The first-order valence-electron chi connectivity index (χ1n) is 10.5. The summed E-state index contributed by atoms with van der Waals surface area (Å²) in [5.74, 6) is -0.210. The van der Waals surface area contributed by atoms with Crippen molar-refractivity contribution in [3.63, 3.8) is 0 Å². The van der Waals surface area contributed by atoms with E-state index in [1.54, 1.807) is 4.90 Å². The molecule has 0 spiro atoms. The van der Waals surface area contributed by atoms with Crippen LogP contribution in [0.15, 0.2) is 54.6 Å². The molecule has 2 N–H and O–H groups in total. The highest BCUT2D eigenvalue weighted by atomic mass is 16.3. The van der Waals surface area contributed by atoms with Crippen molar-refractivity contribution >= 4 is 6.03 Å². The highest BCUT2D eigenvalue weighted by Crippen LogP contribution is 2.44. The summed E-state index contributed by atoms with van der Waals surface area (Å²) < 4.78 is 0. The van der Waals surface area contributed by atoms with Gasteiger partial charge < -0.3 is 15.3 Å². The fourth-order valence-corrected chi connectivity index (χ4v) is 4.82. The first-order chi connectivity index (χ1) is 14.2. The molecule has 0 unspecified atom stereocenters. The van der Waals surface area contributed by atoms with Gasteiger partial charge in [0.1, 0.15) is 6.04 Å². The van der Waals surface area contributed by atoms with Crippen LogP contribution < -0.4 is 5.32 Å². The molecule has 150 valence electrons. The van der Waals surface area contributed by atoms with Crippen LogP contribution >= 0.6 is 0 Å². The Morgan fingerprint density at radius 1 is 1.07 bits per heavy atom. The molecular weight excluding hydrogens is 362 g/mol. The lowest BCUT2D eigenvalue weighted by Crippen LogP contribution is -2.68. The van der Waals surface area contributed by atoms with Gasteiger partial charge in [-0.05, 0) is 29.5 Å². The van der Waals surface area contributed by atoms with Crippen molar-refractivity contribution in [2.24, 2.45) is 0 Å². The number of amides is 2. The molecule has 2 amide bonds. The molecule has 29 heavy (non-hydrogen) atoms. The van der Waals surface area contributed by atoms with Crippen molar-refractivity contribution in [2.75, 3.05) is 6.61 Å². The maximum Gasteiger partial charge on any atom is 0.319 e. The maximum atomic E-state index is 12.9. The van der Waals surface area contributed by atoms with Crippen LogP contribution in [-0.4, -0.2) is 40.8 Å². The molecular formula is C24H27N3O2. The topological polar surface area (TPSA) is 76.4 Å². The second kappa shape index (κ2) is 8.67. The van der Waals surface area contributed by atoms with Gasteiger partial charge in [-0.2, -0.15) is 5.26 Å². The number of urea groups is 1. The molecule has 5 heteroatoms. The summed E-state index contributed by atoms with van der Waals surface area (Å²) >= 11 is 0. The van der Waals surface area contributed by atoms with E-state index in [-0.39, 0.29) is 24.6 Å². The number of carbonyl (C=O) groups is 1. The van der Waals surface area contributed by atoms with E-state index in [2.05, 4.69) is 11.4 Å². The Bertz CT molecular complexity index is 886. The van der Waals surface area contributed by atoms with E-state index in [1.165, 1.54) is 6.42 Å². The number of hydrogen-bond donors (Lipinski definition) is 2. The Morgan fingerprint density at radius 3 is 2.45 bits per heavy atom. The monoisotopic (exact) mass is 389 g/mol. The number of likely N-dealkylation sites (tertiary alicyclic amines) is 1. The second-order valence-corrected chi connectivity index (χ2v) is 7.99. The summed E-state index contributed by atoms with van der Waals surface area (Å²) in [6.07, 6.45) is 5.45. The molecule has 1 aliphatic carbocycles. The average molecular weight is 389 g/mol. The van der Waals surface area contributed by atoms with E-state index < -0.39 is 12.1 Å². The van der Waals surface area contributed by atoms with E-state index in [0.29, 0.717) is 0 Å². The number of nitriles is 1. The minimum Gasteiger partial charge on any atom is -0.394 e. The molecule has 4 rings (SSSR count). The van der Waals surface area contributed by atoms with Gasteiger partial charge in [-0.15, -0.1) is 0 Å². The van der Waals surface area contributed by atoms with Gasteiger partial charge >= 0.3 is 6.03 Å². The van der Waals surface area contributed by atoms with Crippen molar-refractivity contribution < 1.29 is 9.90 Å². The largest absolute Gasteiger partial charge is 0.394 e. The lowest BCUT2D eigenvalue weighted by atomic mass is 9.73. The number of rotatable bonds is 4. The second-order valence-electron chi connectivity index (χ2n) is 7.99. The molecule has 0 aromatic heterocycles. The summed E-state index contributed by atoms with van der Waals surface area (Å²) in [6.45, 7) is -0.163. The van der Waals surface area contributed by atoms with Gasteiger partial charge in [-0.3, -0.25) is 0 Å². The van der Waals surface area contributed by atoms with Gasteiger partial charge in [0.15, 0.2) is 0 Å². The molecule has 2 aliphatic rings. The van der Waals surface area contributed by atoms with Crippen molar-refractivity contribution in [2.45, 2.75) is 56.1 Å². The smallest absolute Gasteiger partial charge is 0.319 e. The minimum absolute atomic E-state index is 0.163. The number of aliphatic hydroxyl groups excluding tert-OH is 1. The number of nitrogens with one attached hydrogen (secondary N) is 1. The first kappa shape index (κ1) is 19.5. The lowest BCUT2D eigenvalue weighted by molar-refractivity contribution is 0.0155. The SMILES string of the molecule is N#C[C@H]1[C@H](c2ccccc2-c2ccccc2)[C@@H](CO)N1C(=O)NC1CCCCC1. The summed E-state index contributed by atoms with van der Waals surface area (Å²) in [4.78, 5) is 14.5. The zero-order valence-electron chi connectivity index (χ0n) is 16.5. The van der Waals surface area contributed by atoms with Crippen LogP contribution in [0.1, 0.15) is 43.6 Å². The van der Waals surface area contributed by atoms with Crippen molar-refractivity contribution in [1.82, 2.24) is 10.2 Å². The quantitative estimate of drug-likeness (QED) is 0.828. The Hall–Kier alpha value is -2.84. The molecule has 1 saturated heterocycles. The molecule has 1 aliphatic heterocycles. The Labute approximate surface area is 172 Å². The fourth-order valence-electron chi connectivity index (χ4n) is 4.82. The van der Waals surface area contributed by atoms with E-state index in [4.69, 9.17) is 0 Å². The van der Waals surface area contributed by atoms with Gasteiger partial charge in [0.25, 0.3) is 0 Å². The van der Waals surface area contributed by atoms with Crippen LogP contribution in [0.2, 0.25) is 0 Å². The Morgan fingerprint density at radius 2 is 1.76 bits per heavy atom. The summed E-state index contributed by atoms with van der Waals surface area (Å²) in [5, 5.41) is 23.0. The molecule has 0 radical (unpaired) electrons. The number of nitrogens with zero attached hydrogens (tertiary/aromatic N) is 2. The maximum absolute atomic E-state index is 12.9. The van der Waals surface area contributed by atoms with Gasteiger partial charge in [-0.1, -0.05) is 73.9 Å². The Kier molecular flexibility index (Phi) is 5.82. The molecule has 5 nitrogen and oxygen atoms in total. The zero-order chi connectivity index (χ0) is 20.2. The third kappa shape index (κ3) is 3.73. The highest BCUT2D eigenvalue weighted by Gasteiger charge is 2.52. The summed E-state index contributed by atoms with van der Waals surface area (Å²) in [6, 6.07) is 19.3. The van der Waals surface area contributed by atoms with Gasteiger partial charge in [0, 0.05) is 12.0 Å². The zero-order valence-corrected chi connectivity index (χ0v) is 16.5. The number of carbonyl (C=O) groups excluding carboxylic acids is 1. The lowest BCUT2D eigenvalue weighted by Gasteiger charge is -2.52. The van der Waals surface area contributed by atoms with E-state index >= 15 is 0 Å². The number of aliphatic hydroxyl groups is 1. The van der Waals surface area contributed by atoms with Crippen molar-refractivity contribution in [1.29, 1.82) is 5.26 Å². The molecule has 3 atom stereocenters. The van der Waals surface area contributed by atoms with E-state index in [9.17, 15) is 15.2 Å². The van der Waals surface area contributed by atoms with Crippen LogP contribution in [0.25, 0.3) is 11.1 Å². The molecule has 2 aromatic rings. The van der Waals surface area contributed by atoms with E-state index in [1.807, 2.05) is 54.6 Å². The summed E-state index contributed by atoms with van der Waals surface area (Å²) in [5.41, 5.74) is 3.12. The first-order valence-corrected chi connectivity index (χ1v) is 10.5. The van der Waals surface area contributed by atoms with Crippen LogP contribution in [0.4, 0.5) is 4.79 Å². The predicted molar refractivity (Wildman–Crippen MR) is 112 cm³/mol. The summed E-state index contributed by atoms with van der Waals surface area (Å²) in [7, 11) is 0. The van der Waals surface area contributed by atoms with Gasteiger partial charge in [0.05, 0.1) is 18.7 Å². The van der Waals surface area contributed by atoms with Crippen LogP contribution in [-0.2, 0) is 0 Å². The van der Waals surface area contributed by atoms with E-state index in [0.717, 1.165) is 42.4 Å². The molecule has 0 bridgehead atoms. The van der Waals surface area contributed by atoms with Gasteiger partial charge in [-0.25, -0.2) is 4.79 Å². The van der Waals surface area contributed by atoms with Crippen molar-refractivity contribution in [3.8, 4) is 17.2 Å². The third-order valence-corrected chi connectivity index (χ3v) is 6.30. The fraction of sp³-hybridized carbons (Fsp3) is 0.417. The molecule has 2 aromatic carbocycles.